The van der Waals surface area contributed by atoms with E-state index in [1.807, 2.05) is 0 Å². The summed E-state index contributed by atoms with van der Waals surface area (Å²) in [6, 6.07) is 15.7. The number of hydrogen-bond donors (Lipinski definition) is 1. The minimum Gasteiger partial charge on any atom is -1.00 e. The molecule has 39 heavy (non-hydrogen) atoms. The minimum absolute atomic E-state index is 0. The minimum atomic E-state index is -2.88. The van der Waals surface area contributed by atoms with E-state index < -0.39 is 16.8 Å². The van der Waals surface area contributed by atoms with Gasteiger partial charge >= 0.3 is 222 Å². The van der Waals surface area contributed by atoms with Crippen LogP contribution in [0.25, 0.3) is 27.6 Å². The summed E-state index contributed by atoms with van der Waals surface area (Å²) in [4.78, 5) is 13.8. The van der Waals surface area contributed by atoms with Gasteiger partial charge in [-0.3, -0.25) is 0 Å². The van der Waals surface area contributed by atoms with Crippen molar-refractivity contribution >= 4 is 48.4 Å². The van der Waals surface area contributed by atoms with Gasteiger partial charge in [0.15, 0.2) is 0 Å². The molecule has 6 heteroatoms. The molecule has 0 aromatic heterocycles. The second kappa shape index (κ2) is 15.2. The van der Waals surface area contributed by atoms with E-state index in [1.165, 1.54) is 94.3 Å². The second-order valence-electron chi connectivity index (χ2n) is 11.8. The van der Waals surface area contributed by atoms with E-state index in [-0.39, 0.29) is 41.7 Å². The van der Waals surface area contributed by atoms with Gasteiger partial charge in [-0.05, 0) is 11.0 Å². The first-order chi connectivity index (χ1) is 17.5. The van der Waals surface area contributed by atoms with E-state index in [9.17, 15) is 4.79 Å². The first kappa shape index (κ1) is 34.1. The first-order valence-corrected chi connectivity index (χ1v) is 19.1. The average Bonchev–Trinajstić information content (AvgIpc) is 3.25. The maximum Gasteiger partial charge on any atom is -0.0149 e. The van der Waals surface area contributed by atoms with Crippen molar-refractivity contribution in [3.8, 4) is 0 Å². The van der Waals surface area contributed by atoms with Gasteiger partial charge in [0, 0.05) is 0 Å². The quantitative estimate of drug-likeness (QED) is 0.350. The molecule has 1 amide bonds. The summed E-state index contributed by atoms with van der Waals surface area (Å²) < 4.78 is 5.15. The molecule has 0 bridgehead atoms. The zero-order chi connectivity index (χ0) is 25.1. The molecule has 1 atom stereocenters. The molecule has 1 N–H and O–H groups in total. The fourth-order valence-electron chi connectivity index (χ4n) is 6.71. The van der Waals surface area contributed by atoms with Gasteiger partial charge in [0.1, 0.15) is 0 Å². The molecule has 3 aromatic rings. The van der Waals surface area contributed by atoms with Crippen molar-refractivity contribution in [3.63, 3.8) is 0 Å². The maximum atomic E-state index is 13.8. The number of rotatable bonds is 3. The van der Waals surface area contributed by atoms with E-state index in [2.05, 4.69) is 75.8 Å². The van der Waals surface area contributed by atoms with Crippen LogP contribution in [-0.2, 0) is 21.6 Å². The Balaban J connectivity index is 0.00000178. The molecule has 3 aromatic carbocycles. The van der Waals surface area contributed by atoms with E-state index in [0.29, 0.717) is 11.8 Å². The van der Waals surface area contributed by atoms with E-state index in [0.717, 1.165) is 12.8 Å². The van der Waals surface area contributed by atoms with Crippen LogP contribution in [0.15, 0.2) is 48.5 Å². The molecule has 0 radical (unpaired) electrons. The molecule has 1 fully saturated rings. The summed E-state index contributed by atoms with van der Waals surface area (Å²) in [5, 5.41) is 10.2. The van der Waals surface area contributed by atoms with E-state index in [4.69, 9.17) is 0 Å². The summed E-state index contributed by atoms with van der Waals surface area (Å²) in [7, 11) is 0. The summed E-state index contributed by atoms with van der Waals surface area (Å²) >= 11 is -2.88. The molecule has 0 aliphatic heterocycles. The molecule has 5 rings (SSSR count). The average molecular weight is 621 g/mol. The Morgan fingerprint density at radius 2 is 1.31 bits per heavy atom. The van der Waals surface area contributed by atoms with Crippen LogP contribution in [0.2, 0.25) is 10.5 Å². The zero-order valence-electron chi connectivity index (χ0n) is 23.3. The number of benzene rings is 3. The molecule has 0 saturated heterocycles. The summed E-state index contributed by atoms with van der Waals surface area (Å²) in [5.74, 6) is 0.905. The van der Waals surface area contributed by atoms with Crippen molar-refractivity contribution in [2.24, 2.45) is 5.92 Å². The molecule has 1 saturated carbocycles. The molecule has 0 spiro atoms. The number of carbonyl (C=O) groups is 1. The van der Waals surface area contributed by atoms with Gasteiger partial charge in [0.05, 0.1) is 0 Å². The number of halogens is 2. The van der Waals surface area contributed by atoms with Crippen LogP contribution in [0.4, 0.5) is 0 Å². The molecular weight excluding hydrogens is 573 g/mol. The Bertz CT molecular complexity index is 1280. The van der Waals surface area contributed by atoms with Gasteiger partial charge in [0.2, 0.25) is 0 Å². The van der Waals surface area contributed by atoms with Crippen molar-refractivity contribution in [2.45, 2.75) is 93.9 Å². The molecule has 2 nitrogen and oxygen atoms in total. The Hall–Kier alpha value is -1.10. The fourth-order valence-corrected chi connectivity index (χ4v) is 10.4. The Morgan fingerprint density at radius 1 is 0.769 bits per heavy atom. The monoisotopic (exact) mass is 619 g/mol. The van der Waals surface area contributed by atoms with E-state index in [1.54, 1.807) is 0 Å². The van der Waals surface area contributed by atoms with Crippen LogP contribution >= 0.6 is 0 Å². The number of hydrogen-bond acceptors (Lipinski definition) is 1. The summed E-state index contributed by atoms with van der Waals surface area (Å²) in [6.07, 6.45) is 18.5. The number of nitrogens with one attached hydrogen (secondary N) is 1. The predicted octanol–water partition coefficient (Wildman–Crippen LogP) is 1.51. The van der Waals surface area contributed by atoms with Crippen molar-refractivity contribution in [1.29, 1.82) is 0 Å². The Morgan fingerprint density at radius 3 is 1.92 bits per heavy atom. The number of allylic oxidation sites excluding steroid dienone is 1. The largest absolute Gasteiger partial charge is 1.00 e. The van der Waals surface area contributed by atoms with Crippen molar-refractivity contribution in [1.82, 2.24) is 3.80 Å². The van der Waals surface area contributed by atoms with Crippen LogP contribution in [0.5, 0.6) is 0 Å². The number of fused-ring (bicyclic) bond motifs is 6. The SMILES string of the molecule is CC1C=Cc2c1c1[c]([Ti+2]([CH3])([CH3])[NH]C(=O)C3CCCCCCCCCCC3)cccc1c1ccccc21.[Cl-].[Cl-].[SiH4]. The van der Waals surface area contributed by atoms with Crippen molar-refractivity contribution in [2.75, 3.05) is 0 Å². The van der Waals surface area contributed by atoms with Crippen molar-refractivity contribution < 1.29 is 46.5 Å². The first-order valence-electron chi connectivity index (χ1n) is 14.5. The van der Waals surface area contributed by atoms with Crippen LogP contribution in [-0.4, -0.2) is 16.9 Å². The summed E-state index contributed by atoms with van der Waals surface area (Å²) in [6.45, 7) is 2.32. The van der Waals surface area contributed by atoms with E-state index >= 15 is 0 Å². The van der Waals surface area contributed by atoms with Gasteiger partial charge in [0.25, 0.3) is 0 Å². The standard InChI is InChI=1S/C18H13.C13H25NO.2CH3.2ClH.H4Si.Ti/c1-12-10-11-17-15-8-3-2-6-13(15)14-7-4-5-9-16(14)18(12)17;14-13(15)12-10-8-6-4-2-1-3-5-7-9-11-12;;;;;;/h2-8,10-12H,1H3;12H,1-11H2,(H2,14,15);2*1H3;2*1H;1H4;/q;;;;;;;+3/p-3. The maximum absolute atomic E-state index is 13.8. The second-order valence-corrected chi connectivity index (χ2v) is 18.1. The third-order valence-corrected chi connectivity index (χ3v) is 12.8. The van der Waals surface area contributed by atoms with Crippen LogP contribution in [0.1, 0.15) is 94.6 Å². The van der Waals surface area contributed by atoms with Gasteiger partial charge in [-0.25, -0.2) is 0 Å². The van der Waals surface area contributed by atoms with Crippen LogP contribution in [0, 0.1) is 5.92 Å². The molecule has 2 aliphatic rings. The zero-order valence-corrected chi connectivity index (χ0v) is 26.4. The predicted molar refractivity (Wildman–Crippen MR) is 164 cm³/mol. The molecule has 2 aliphatic carbocycles. The normalized spacial score (nSPS) is 18.2. The number of carbonyl (C=O) groups excluding carboxylic acids is 1. The van der Waals surface area contributed by atoms with Gasteiger partial charge in [-0.15, -0.1) is 0 Å². The molecule has 0 heterocycles. The Kier molecular flexibility index (Phi) is 13.3. The topological polar surface area (TPSA) is 29.1 Å². The van der Waals surface area contributed by atoms with Crippen molar-refractivity contribution in [3.05, 3.63) is 59.7 Å². The third kappa shape index (κ3) is 7.41. The Labute approximate surface area is 256 Å². The molecular formula is C33H47Cl2NOSiTi. The van der Waals surface area contributed by atoms with Gasteiger partial charge < -0.3 is 24.8 Å². The molecule has 212 valence electrons. The van der Waals surface area contributed by atoms with Gasteiger partial charge in [-0.2, -0.15) is 0 Å². The third-order valence-electron chi connectivity index (χ3n) is 8.72. The van der Waals surface area contributed by atoms with Crippen LogP contribution < -0.4 is 32.5 Å². The number of amides is 1. The van der Waals surface area contributed by atoms with Gasteiger partial charge in [-0.1, -0.05) is 0 Å². The fraction of sp³-hybridized carbons (Fsp3) is 0.485. The summed E-state index contributed by atoms with van der Waals surface area (Å²) in [5.41, 5.74) is 2.83. The van der Waals surface area contributed by atoms with Crippen LogP contribution in [0.3, 0.4) is 0 Å². The molecule has 1 unspecified atom stereocenters. The smallest absolute Gasteiger partial charge is 0.0149 e.